The van der Waals surface area contributed by atoms with Crippen LogP contribution in [0.1, 0.15) is 40.5 Å². The minimum Gasteiger partial charge on any atom is -0.481 e. The van der Waals surface area contributed by atoms with E-state index in [4.69, 9.17) is 13.3 Å². The fraction of sp³-hybridized carbons (Fsp3) is 0.933. The number of carbonyl (C=O) groups is 1. The molecule has 1 fully saturated rings. The van der Waals surface area contributed by atoms with Crippen LogP contribution in [0, 0.1) is 5.92 Å². The van der Waals surface area contributed by atoms with Gasteiger partial charge in [-0.15, -0.1) is 0 Å². The van der Waals surface area contributed by atoms with Gasteiger partial charge in [-0.3, -0.25) is 9.69 Å². The first-order chi connectivity index (χ1) is 10.5. The Morgan fingerprint density at radius 3 is 2.05 bits per heavy atom. The average molecular weight is 334 g/mol. The van der Waals surface area contributed by atoms with Crippen LogP contribution in [-0.2, 0) is 18.1 Å². The van der Waals surface area contributed by atoms with E-state index in [2.05, 4.69) is 11.8 Å². The summed E-state index contributed by atoms with van der Waals surface area (Å²) in [6.45, 7) is 11.4. The molecule has 0 amide bonds. The average Bonchev–Trinajstić information content (AvgIpc) is 3.15. The molecule has 6 nitrogen and oxygen atoms in total. The summed E-state index contributed by atoms with van der Waals surface area (Å²) in [6.07, 6.45) is 1.22. The predicted octanol–water partition coefficient (Wildman–Crippen LogP) is 2.22. The molecule has 22 heavy (non-hydrogen) atoms. The summed E-state index contributed by atoms with van der Waals surface area (Å²) in [7, 11) is -2.74. The van der Waals surface area contributed by atoms with E-state index in [-0.39, 0.29) is 5.92 Å². The minimum atomic E-state index is -2.74. The zero-order valence-electron chi connectivity index (χ0n) is 14.3. The van der Waals surface area contributed by atoms with Crippen LogP contribution in [0.3, 0.4) is 0 Å². The molecule has 130 valence electrons. The maximum absolute atomic E-state index is 11.5. The van der Waals surface area contributed by atoms with Gasteiger partial charge >= 0.3 is 14.8 Å². The van der Waals surface area contributed by atoms with Crippen molar-refractivity contribution in [3.63, 3.8) is 0 Å². The second-order valence-electron chi connectivity index (χ2n) is 5.69. The highest BCUT2D eigenvalue weighted by Gasteiger charge is 2.41. The SMILES string of the molecule is CCO[Si](CCC(CCN1CC1C)C(=O)O)(OCC)OCC. The quantitative estimate of drug-likeness (QED) is 0.412. The highest BCUT2D eigenvalue weighted by atomic mass is 28.4. The fourth-order valence-corrected chi connectivity index (χ4v) is 5.37. The van der Waals surface area contributed by atoms with E-state index in [0.717, 1.165) is 13.1 Å². The van der Waals surface area contributed by atoms with Crippen molar-refractivity contribution in [2.45, 2.75) is 52.6 Å². The molecule has 0 bridgehead atoms. The van der Waals surface area contributed by atoms with Crippen LogP contribution >= 0.6 is 0 Å². The van der Waals surface area contributed by atoms with Crippen molar-refractivity contribution in [2.24, 2.45) is 5.92 Å². The Morgan fingerprint density at radius 2 is 1.68 bits per heavy atom. The molecule has 1 N–H and O–H groups in total. The lowest BCUT2D eigenvalue weighted by Crippen LogP contribution is -2.46. The van der Waals surface area contributed by atoms with Gasteiger partial charge in [0, 0.05) is 38.5 Å². The maximum Gasteiger partial charge on any atom is 0.500 e. The van der Waals surface area contributed by atoms with Crippen LogP contribution in [0.5, 0.6) is 0 Å². The molecular weight excluding hydrogens is 302 g/mol. The van der Waals surface area contributed by atoms with Crippen LogP contribution in [-0.4, -0.2) is 63.7 Å². The first-order valence-electron chi connectivity index (χ1n) is 8.36. The third-order valence-corrected chi connectivity index (χ3v) is 7.08. The Balaban J connectivity index is 2.54. The van der Waals surface area contributed by atoms with E-state index in [9.17, 15) is 9.90 Å². The fourth-order valence-electron chi connectivity index (χ4n) is 2.67. The van der Waals surface area contributed by atoms with Gasteiger partial charge in [0.15, 0.2) is 0 Å². The minimum absolute atomic E-state index is 0.360. The summed E-state index contributed by atoms with van der Waals surface area (Å²) in [6, 6.07) is 1.17. The van der Waals surface area contributed by atoms with Gasteiger partial charge in [-0.2, -0.15) is 0 Å². The molecule has 0 spiro atoms. The summed E-state index contributed by atoms with van der Waals surface area (Å²) >= 11 is 0. The second kappa shape index (κ2) is 9.62. The Labute approximate surface area is 135 Å². The molecule has 1 aliphatic rings. The summed E-state index contributed by atoms with van der Waals surface area (Å²) in [5, 5.41) is 9.43. The molecule has 1 saturated heterocycles. The van der Waals surface area contributed by atoms with Crippen LogP contribution in [0.15, 0.2) is 0 Å². The predicted molar refractivity (Wildman–Crippen MR) is 86.8 cm³/mol. The summed E-state index contributed by atoms with van der Waals surface area (Å²) in [5.74, 6) is -1.09. The van der Waals surface area contributed by atoms with Crippen LogP contribution in [0.25, 0.3) is 0 Å². The molecule has 7 heteroatoms. The molecule has 0 aromatic heterocycles. The molecule has 0 aromatic rings. The molecule has 1 heterocycles. The van der Waals surface area contributed by atoms with Crippen molar-refractivity contribution in [3.8, 4) is 0 Å². The van der Waals surface area contributed by atoms with E-state index in [1.165, 1.54) is 0 Å². The van der Waals surface area contributed by atoms with E-state index in [0.29, 0.717) is 44.7 Å². The van der Waals surface area contributed by atoms with Crippen molar-refractivity contribution in [1.82, 2.24) is 4.90 Å². The normalized spacial score (nSPS) is 22.5. The van der Waals surface area contributed by atoms with Gasteiger partial charge in [0.2, 0.25) is 0 Å². The highest BCUT2D eigenvalue weighted by Crippen LogP contribution is 2.25. The van der Waals surface area contributed by atoms with Crippen LogP contribution in [0.4, 0.5) is 0 Å². The molecule has 0 aliphatic carbocycles. The number of aliphatic carboxylic acids is 1. The topological polar surface area (TPSA) is 68.0 Å². The van der Waals surface area contributed by atoms with Crippen LogP contribution < -0.4 is 0 Å². The molecule has 3 atom stereocenters. The summed E-state index contributed by atoms with van der Waals surface area (Å²) in [5.41, 5.74) is 0. The molecule has 1 aliphatic heterocycles. The largest absolute Gasteiger partial charge is 0.500 e. The van der Waals surface area contributed by atoms with Crippen molar-refractivity contribution >= 4 is 14.8 Å². The molecule has 0 saturated carbocycles. The molecule has 3 unspecified atom stereocenters. The van der Waals surface area contributed by atoms with Crippen molar-refractivity contribution < 1.29 is 23.2 Å². The summed E-state index contributed by atoms with van der Waals surface area (Å²) < 4.78 is 17.4. The van der Waals surface area contributed by atoms with Gasteiger partial charge < -0.3 is 18.4 Å². The Hall–Kier alpha value is -0.473. The van der Waals surface area contributed by atoms with E-state index < -0.39 is 14.8 Å². The summed E-state index contributed by atoms with van der Waals surface area (Å²) in [4.78, 5) is 13.8. The van der Waals surface area contributed by atoms with Gasteiger partial charge in [0.25, 0.3) is 0 Å². The van der Waals surface area contributed by atoms with E-state index in [1.807, 2.05) is 20.8 Å². The lowest BCUT2D eigenvalue weighted by Gasteiger charge is -2.29. The van der Waals surface area contributed by atoms with Gasteiger partial charge in [0.05, 0.1) is 5.92 Å². The number of hydrogen-bond acceptors (Lipinski definition) is 5. The first-order valence-corrected chi connectivity index (χ1v) is 10.3. The molecule has 0 radical (unpaired) electrons. The lowest BCUT2D eigenvalue weighted by molar-refractivity contribution is -0.142. The van der Waals surface area contributed by atoms with Crippen LogP contribution in [0.2, 0.25) is 6.04 Å². The van der Waals surface area contributed by atoms with Crippen molar-refractivity contribution in [2.75, 3.05) is 32.9 Å². The van der Waals surface area contributed by atoms with E-state index in [1.54, 1.807) is 0 Å². The number of carboxylic acid groups (broad SMARTS) is 1. The number of carboxylic acids is 1. The third kappa shape index (κ3) is 6.34. The van der Waals surface area contributed by atoms with Gasteiger partial charge in [-0.05, 0) is 47.1 Å². The lowest BCUT2D eigenvalue weighted by atomic mass is 10.0. The Kier molecular flexibility index (Phi) is 8.56. The van der Waals surface area contributed by atoms with Crippen molar-refractivity contribution in [3.05, 3.63) is 0 Å². The van der Waals surface area contributed by atoms with Gasteiger partial charge in [0.1, 0.15) is 0 Å². The molecule has 0 aromatic carbocycles. The van der Waals surface area contributed by atoms with Gasteiger partial charge in [-0.1, -0.05) is 0 Å². The highest BCUT2D eigenvalue weighted by molar-refractivity contribution is 6.60. The van der Waals surface area contributed by atoms with E-state index >= 15 is 0 Å². The zero-order chi connectivity index (χ0) is 16.6. The Bertz CT molecular complexity index is 325. The number of hydrogen-bond donors (Lipinski definition) is 1. The molecule has 1 rings (SSSR count). The zero-order valence-corrected chi connectivity index (χ0v) is 15.3. The monoisotopic (exact) mass is 333 g/mol. The second-order valence-corrected chi connectivity index (χ2v) is 8.42. The smallest absolute Gasteiger partial charge is 0.481 e. The Morgan fingerprint density at radius 1 is 1.18 bits per heavy atom. The number of nitrogens with zero attached hydrogens (tertiary/aromatic N) is 1. The first kappa shape index (κ1) is 19.6. The molecular formula is C15H31NO5Si. The third-order valence-electron chi connectivity index (χ3n) is 3.99. The standard InChI is InChI=1S/C15H31NO5Si/c1-5-19-22(20-6-2,21-7-3)11-9-14(15(17)18)8-10-16-12-13(16)4/h13-14H,5-12H2,1-4H3,(H,17,18). The van der Waals surface area contributed by atoms with Gasteiger partial charge in [-0.25, -0.2) is 0 Å². The van der Waals surface area contributed by atoms with Crippen molar-refractivity contribution in [1.29, 1.82) is 0 Å². The number of rotatable bonds is 13. The maximum atomic E-state index is 11.5.